The van der Waals surface area contributed by atoms with Crippen molar-refractivity contribution in [1.29, 1.82) is 0 Å². The third kappa shape index (κ3) is 3.74. The molecule has 0 aliphatic rings. The van der Waals surface area contributed by atoms with Crippen LogP contribution in [0.5, 0.6) is 5.75 Å². The fourth-order valence-electron chi connectivity index (χ4n) is 2.77. The maximum Gasteiger partial charge on any atom is 0.147 e. The monoisotopic (exact) mass is 322 g/mol. The Kier molecular flexibility index (Phi) is 4.51. The third-order valence-electron chi connectivity index (χ3n) is 3.98. The Hall–Kier alpha value is -2.82. The largest absolute Gasteiger partial charge is 0.508 e. The zero-order valence-electron chi connectivity index (χ0n) is 14.2. The Bertz CT molecular complexity index is 841. The predicted octanol–water partition coefficient (Wildman–Crippen LogP) is 3.82. The van der Waals surface area contributed by atoms with E-state index < -0.39 is 0 Å². The van der Waals surface area contributed by atoms with E-state index in [1.165, 1.54) is 0 Å². The van der Waals surface area contributed by atoms with Gasteiger partial charge in [0.1, 0.15) is 17.4 Å². The van der Waals surface area contributed by atoms with Crippen LogP contribution in [-0.2, 0) is 6.54 Å². The molecule has 0 amide bonds. The minimum Gasteiger partial charge on any atom is -0.508 e. The van der Waals surface area contributed by atoms with Crippen molar-refractivity contribution in [2.75, 3.05) is 5.32 Å². The van der Waals surface area contributed by atoms with Crippen LogP contribution in [0, 0.1) is 13.8 Å². The molecule has 0 saturated carbocycles. The van der Waals surface area contributed by atoms with E-state index in [1.807, 2.05) is 42.8 Å². The van der Waals surface area contributed by atoms with Gasteiger partial charge in [0.25, 0.3) is 0 Å². The van der Waals surface area contributed by atoms with Gasteiger partial charge in [0.05, 0.1) is 6.54 Å². The molecule has 0 unspecified atom stereocenters. The average molecular weight is 322 g/mol. The number of hydrogen-bond donors (Lipinski definition) is 2. The van der Waals surface area contributed by atoms with E-state index in [0.717, 1.165) is 28.5 Å². The molecular weight excluding hydrogens is 300 g/mol. The van der Waals surface area contributed by atoms with Crippen molar-refractivity contribution in [2.45, 2.75) is 33.4 Å². The zero-order chi connectivity index (χ0) is 17.1. The summed E-state index contributed by atoms with van der Waals surface area (Å²) in [4.78, 5) is 4.34. The Morgan fingerprint density at radius 3 is 2.62 bits per heavy atom. The SMILES string of the molecule is Cc1nc(C)n(Cc2cccc(N[C@@H](C)c3cccc(O)c3)c2)n1. The molecule has 124 valence electrons. The van der Waals surface area contributed by atoms with E-state index in [0.29, 0.717) is 6.54 Å². The van der Waals surface area contributed by atoms with Crippen LogP contribution in [0.15, 0.2) is 48.5 Å². The van der Waals surface area contributed by atoms with Gasteiger partial charge in [0.2, 0.25) is 0 Å². The summed E-state index contributed by atoms with van der Waals surface area (Å²) in [5, 5.41) is 17.5. The molecule has 0 fully saturated rings. The molecule has 0 bridgehead atoms. The zero-order valence-corrected chi connectivity index (χ0v) is 14.2. The number of phenols is 1. The van der Waals surface area contributed by atoms with Crippen molar-refractivity contribution in [3.63, 3.8) is 0 Å². The van der Waals surface area contributed by atoms with Gasteiger partial charge in [0.15, 0.2) is 0 Å². The summed E-state index contributed by atoms with van der Waals surface area (Å²) in [5.74, 6) is 1.99. The van der Waals surface area contributed by atoms with Gasteiger partial charge in [-0.25, -0.2) is 9.67 Å². The standard InChI is InChI=1S/C19H22N4O/c1-13(17-7-5-9-19(24)11-17)20-18-8-4-6-16(10-18)12-23-15(3)21-14(2)22-23/h4-11,13,20,24H,12H2,1-3H3/t13-/m0/s1. The summed E-state index contributed by atoms with van der Waals surface area (Å²) in [6.07, 6.45) is 0. The summed E-state index contributed by atoms with van der Waals surface area (Å²) in [6.45, 7) is 6.64. The molecule has 0 saturated heterocycles. The van der Waals surface area contributed by atoms with Crippen LogP contribution in [0.3, 0.4) is 0 Å². The van der Waals surface area contributed by atoms with Crippen molar-refractivity contribution in [2.24, 2.45) is 0 Å². The first-order chi connectivity index (χ1) is 11.5. The molecule has 0 spiro atoms. The molecule has 1 aromatic heterocycles. The lowest BCUT2D eigenvalue weighted by Gasteiger charge is -2.17. The molecule has 1 heterocycles. The van der Waals surface area contributed by atoms with E-state index in [-0.39, 0.29) is 11.8 Å². The van der Waals surface area contributed by atoms with Crippen molar-refractivity contribution in [3.8, 4) is 5.75 Å². The summed E-state index contributed by atoms with van der Waals surface area (Å²) < 4.78 is 1.91. The molecule has 3 rings (SSSR count). The van der Waals surface area contributed by atoms with E-state index in [4.69, 9.17) is 0 Å². The van der Waals surface area contributed by atoms with Crippen LogP contribution in [0.25, 0.3) is 0 Å². The van der Waals surface area contributed by atoms with Crippen LogP contribution >= 0.6 is 0 Å². The van der Waals surface area contributed by atoms with Gasteiger partial charge in [-0.1, -0.05) is 24.3 Å². The van der Waals surface area contributed by atoms with Gasteiger partial charge in [-0.05, 0) is 56.2 Å². The second-order valence-corrected chi connectivity index (χ2v) is 6.03. The van der Waals surface area contributed by atoms with Gasteiger partial charge < -0.3 is 10.4 Å². The molecule has 5 nitrogen and oxygen atoms in total. The highest BCUT2D eigenvalue weighted by Crippen LogP contribution is 2.23. The molecule has 3 aromatic rings. The molecule has 0 aliphatic heterocycles. The fourth-order valence-corrected chi connectivity index (χ4v) is 2.77. The van der Waals surface area contributed by atoms with Crippen LogP contribution in [0.1, 0.15) is 35.7 Å². The summed E-state index contributed by atoms with van der Waals surface area (Å²) in [6, 6.07) is 15.7. The van der Waals surface area contributed by atoms with Crippen LogP contribution < -0.4 is 5.32 Å². The summed E-state index contributed by atoms with van der Waals surface area (Å²) >= 11 is 0. The Morgan fingerprint density at radius 1 is 1.12 bits per heavy atom. The van der Waals surface area contributed by atoms with Gasteiger partial charge in [-0.15, -0.1) is 0 Å². The highest BCUT2D eigenvalue weighted by Gasteiger charge is 2.08. The van der Waals surface area contributed by atoms with Crippen molar-refractivity contribution in [3.05, 3.63) is 71.3 Å². The number of hydrogen-bond acceptors (Lipinski definition) is 4. The molecule has 2 N–H and O–H groups in total. The minimum atomic E-state index is 0.0997. The number of rotatable bonds is 5. The quantitative estimate of drug-likeness (QED) is 0.749. The lowest BCUT2D eigenvalue weighted by atomic mass is 10.1. The number of anilines is 1. The normalized spacial score (nSPS) is 12.1. The number of aryl methyl sites for hydroxylation is 2. The molecule has 5 heteroatoms. The third-order valence-corrected chi connectivity index (χ3v) is 3.98. The first-order valence-corrected chi connectivity index (χ1v) is 8.04. The van der Waals surface area contributed by atoms with Crippen LogP contribution in [-0.4, -0.2) is 19.9 Å². The van der Waals surface area contributed by atoms with Gasteiger partial charge in [0, 0.05) is 11.7 Å². The number of benzene rings is 2. The maximum absolute atomic E-state index is 9.62. The van der Waals surface area contributed by atoms with E-state index in [1.54, 1.807) is 12.1 Å². The Morgan fingerprint density at radius 2 is 1.92 bits per heavy atom. The summed E-state index contributed by atoms with van der Waals surface area (Å²) in [5.41, 5.74) is 3.25. The summed E-state index contributed by atoms with van der Waals surface area (Å²) in [7, 11) is 0. The van der Waals surface area contributed by atoms with E-state index in [2.05, 4.69) is 34.5 Å². The first kappa shape index (κ1) is 16.1. The maximum atomic E-state index is 9.62. The number of phenolic OH excluding ortho intramolecular Hbond substituents is 1. The van der Waals surface area contributed by atoms with Crippen molar-refractivity contribution >= 4 is 5.69 Å². The van der Waals surface area contributed by atoms with E-state index >= 15 is 0 Å². The average Bonchev–Trinajstić information content (AvgIpc) is 2.85. The van der Waals surface area contributed by atoms with Gasteiger partial charge >= 0.3 is 0 Å². The van der Waals surface area contributed by atoms with Crippen LogP contribution in [0.4, 0.5) is 5.69 Å². The molecular formula is C19H22N4O. The molecule has 24 heavy (non-hydrogen) atoms. The van der Waals surface area contributed by atoms with Crippen molar-refractivity contribution < 1.29 is 5.11 Å². The molecule has 0 radical (unpaired) electrons. The lowest BCUT2D eigenvalue weighted by molar-refractivity contribution is 0.474. The minimum absolute atomic E-state index is 0.0997. The second kappa shape index (κ2) is 6.74. The predicted molar refractivity (Wildman–Crippen MR) is 95.2 cm³/mol. The molecule has 0 aliphatic carbocycles. The van der Waals surface area contributed by atoms with E-state index in [9.17, 15) is 5.11 Å². The number of aromatic hydroxyl groups is 1. The highest BCUT2D eigenvalue weighted by molar-refractivity contribution is 5.48. The highest BCUT2D eigenvalue weighted by atomic mass is 16.3. The van der Waals surface area contributed by atoms with Gasteiger partial charge in [-0.2, -0.15) is 5.10 Å². The number of aromatic nitrogens is 3. The first-order valence-electron chi connectivity index (χ1n) is 8.04. The second-order valence-electron chi connectivity index (χ2n) is 6.03. The lowest BCUT2D eigenvalue weighted by Crippen LogP contribution is -2.08. The Labute approximate surface area is 142 Å². The smallest absolute Gasteiger partial charge is 0.147 e. The fraction of sp³-hybridized carbons (Fsp3) is 0.263. The number of nitrogens with one attached hydrogen (secondary N) is 1. The van der Waals surface area contributed by atoms with Gasteiger partial charge in [-0.3, -0.25) is 0 Å². The molecule has 1 atom stereocenters. The Balaban J connectivity index is 1.74. The van der Waals surface area contributed by atoms with Crippen molar-refractivity contribution in [1.82, 2.24) is 14.8 Å². The van der Waals surface area contributed by atoms with Crippen LogP contribution in [0.2, 0.25) is 0 Å². The topological polar surface area (TPSA) is 63.0 Å². The molecule has 2 aromatic carbocycles. The number of nitrogens with zero attached hydrogens (tertiary/aromatic N) is 3.